The van der Waals surface area contributed by atoms with Crippen molar-refractivity contribution in [2.24, 2.45) is 0 Å². The smallest absolute Gasteiger partial charge is 0.369 e. The van der Waals surface area contributed by atoms with Gasteiger partial charge in [-0.1, -0.05) is 11.3 Å². The molecule has 0 N–H and O–H groups in total. The summed E-state index contributed by atoms with van der Waals surface area (Å²) in [5.74, 6) is -0.455. The number of carbonyl (C=O) groups is 1. The van der Waals surface area contributed by atoms with Gasteiger partial charge < -0.3 is 4.74 Å². The number of halogens is 1. The SMILES string of the molecule is COC(=O)c1nnc(Br)s1. The highest BCUT2D eigenvalue weighted by molar-refractivity contribution is 9.11. The standard InChI is InChI=1S/C4H3BrN2O2S/c1-9-3(8)2-6-7-4(5)10-2/h1H3. The van der Waals surface area contributed by atoms with Crippen LogP contribution in [0.15, 0.2) is 3.92 Å². The maximum absolute atomic E-state index is 10.7. The summed E-state index contributed by atoms with van der Waals surface area (Å²) in [5, 5.41) is 7.36. The number of hydrogen-bond donors (Lipinski definition) is 0. The summed E-state index contributed by atoms with van der Waals surface area (Å²) in [6, 6.07) is 0. The molecule has 0 amide bonds. The van der Waals surface area contributed by atoms with E-state index in [-0.39, 0.29) is 5.01 Å². The van der Waals surface area contributed by atoms with Crippen LogP contribution in [-0.4, -0.2) is 23.3 Å². The Bertz CT molecular complexity index is 249. The summed E-state index contributed by atoms with van der Waals surface area (Å²) in [6.07, 6.45) is 0. The Balaban J connectivity index is 2.85. The van der Waals surface area contributed by atoms with Crippen molar-refractivity contribution in [2.45, 2.75) is 0 Å². The molecule has 1 rings (SSSR count). The van der Waals surface area contributed by atoms with Gasteiger partial charge in [-0.3, -0.25) is 0 Å². The van der Waals surface area contributed by atoms with Crippen molar-refractivity contribution in [2.75, 3.05) is 7.11 Å². The first-order valence-electron chi connectivity index (χ1n) is 2.31. The van der Waals surface area contributed by atoms with Gasteiger partial charge >= 0.3 is 5.97 Å². The van der Waals surface area contributed by atoms with Crippen LogP contribution in [-0.2, 0) is 4.74 Å². The molecule has 6 heteroatoms. The number of hydrogen-bond acceptors (Lipinski definition) is 5. The van der Waals surface area contributed by atoms with Crippen molar-refractivity contribution in [3.63, 3.8) is 0 Å². The second-order valence-corrected chi connectivity index (χ2v) is 3.61. The van der Waals surface area contributed by atoms with Crippen molar-refractivity contribution in [3.05, 3.63) is 8.92 Å². The lowest BCUT2D eigenvalue weighted by atomic mass is 10.7. The van der Waals surface area contributed by atoms with E-state index < -0.39 is 5.97 Å². The van der Waals surface area contributed by atoms with Crippen LogP contribution in [0.4, 0.5) is 0 Å². The Hall–Kier alpha value is -0.490. The molecule has 0 bridgehead atoms. The van der Waals surface area contributed by atoms with Crippen molar-refractivity contribution in [3.8, 4) is 0 Å². The maximum atomic E-state index is 10.7. The van der Waals surface area contributed by atoms with Crippen LogP contribution in [0.25, 0.3) is 0 Å². The Morgan fingerprint density at radius 3 is 2.80 bits per heavy atom. The molecule has 1 aromatic heterocycles. The van der Waals surface area contributed by atoms with Crippen LogP contribution < -0.4 is 0 Å². The number of methoxy groups -OCH3 is 1. The summed E-state index contributed by atoms with van der Waals surface area (Å²) in [5.41, 5.74) is 0. The number of carbonyl (C=O) groups excluding carboxylic acids is 1. The molecular formula is C4H3BrN2O2S. The average molecular weight is 223 g/mol. The molecule has 0 fully saturated rings. The summed E-state index contributed by atoms with van der Waals surface area (Å²) in [6.45, 7) is 0. The number of esters is 1. The quantitative estimate of drug-likeness (QED) is 0.668. The van der Waals surface area contributed by atoms with E-state index in [1.807, 2.05) is 0 Å². The average Bonchev–Trinajstić information content (AvgIpc) is 2.34. The fourth-order valence-corrected chi connectivity index (χ4v) is 1.40. The van der Waals surface area contributed by atoms with Crippen LogP contribution >= 0.6 is 27.3 Å². The summed E-state index contributed by atoms with van der Waals surface area (Å²) < 4.78 is 4.97. The van der Waals surface area contributed by atoms with Gasteiger partial charge in [-0.05, 0) is 15.9 Å². The van der Waals surface area contributed by atoms with Crippen molar-refractivity contribution < 1.29 is 9.53 Å². The molecular weight excluding hydrogens is 220 g/mol. The van der Waals surface area contributed by atoms with Gasteiger partial charge in [0.15, 0.2) is 3.92 Å². The third-order valence-electron chi connectivity index (χ3n) is 0.760. The molecule has 0 radical (unpaired) electrons. The zero-order valence-electron chi connectivity index (χ0n) is 5.00. The van der Waals surface area contributed by atoms with Gasteiger partial charge in [0.25, 0.3) is 0 Å². The number of ether oxygens (including phenoxy) is 1. The first-order chi connectivity index (χ1) is 4.74. The molecule has 0 aliphatic carbocycles. The molecule has 0 atom stereocenters. The molecule has 0 spiro atoms. The number of nitrogens with zero attached hydrogens (tertiary/aromatic N) is 2. The first kappa shape index (κ1) is 7.62. The summed E-state index contributed by atoms with van der Waals surface area (Å²) in [7, 11) is 1.30. The van der Waals surface area contributed by atoms with Crippen molar-refractivity contribution in [1.29, 1.82) is 0 Å². The van der Waals surface area contributed by atoms with Crippen LogP contribution in [0.3, 0.4) is 0 Å². The molecule has 54 valence electrons. The van der Waals surface area contributed by atoms with Gasteiger partial charge in [-0.2, -0.15) is 0 Å². The first-order valence-corrected chi connectivity index (χ1v) is 3.92. The Kier molecular flexibility index (Phi) is 2.34. The van der Waals surface area contributed by atoms with Gasteiger partial charge in [0.2, 0.25) is 5.01 Å². The van der Waals surface area contributed by atoms with E-state index in [2.05, 4.69) is 30.9 Å². The predicted octanol–water partition coefficient (Wildman–Crippen LogP) is 1.09. The Labute approximate surface area is 69.4 Å². The zero-order chi connectivity index (χ0) is 7.56. The van der Waals surface area contributed by atoms with E-state index in [0.29, 0.717) is 3.92 Å². The Morgan fingerprint density at radius 1 is 1.70 bits per heavy atom. The lowest BCUT2D eigenvalue weighted by molar-refractivity contribution is 0.0599. The van der Waals surface area contributed by atoms with Gasteiger partial charge in [-0.15, -0.1) is 10.2 Å². The largest absolute Gasteiger partial charge is 0.464 e. The predicted molar refractivity (Wildman–Crippen MR) is 38.9 cm³/mol. The second kappa shape index (κ2) is 3.07. The normalized spacial score (nSPS) is 9.40. The minimum atomic E-state index is -0.455. The number of rotatable bonds is 1. The van der Waals surface area contributed by atoms with E-state index in [1.165, 1.54) is 7.11 Å². The lowest BCUT2D eigenvalue weighted by Gasteiger charge is -1.87. The Morgan fingerprint density at radius 2 is 2.40 bits per heavy atom. The van der Waals surface area contributed by atoms with Crippen LogP contribution in [0.2, 0.25) is 0 Å². The molecule has 0 aromatic carbocycles. The minimum absolute atomic E-state index is 0.259. The highest BCUT2D eigenvalue weighted by atomic mass is 79.9. The zero-order valence-corrected chi connectivity index (χ0v) is 7.40. The van der Waals surface area contributed by atoms with E-state index in [1.54, 1.807) is 0 Å². The second-order valence-electron chi connectivity index (χ2n) is 1.35. The van der Waals surface area contributed by atoms with Crippen LogP contribution in [0.1, 0.15) is 9.80 Å². The van der Waals surface area contributed by atoms with E-state index in [4.69, 9.17) is 0 Å². The molecule has 0 unspecified atom stereocenters. The van der Waals surface area contributed by atoms with Gasteiger partial charge in [0, 0.05) is 0 Å². The topological polar surface area (TPSA) is 52.1 Å². The summed E-state index contributed by atoms with van der Waals surface area (Å²) in [4.78, 5) is 10.7. The van der Waals surface area contributed by atoms with Gasteiger partial charge in [0.05, 0.1) is 7.11 Å². The fourth-order valence-electron chi connectivity index (χ4n) is 0.375. The highest BCUT2D eigenvalue weighted by Crippen LogP contribution is 2.15. The molecule has 1 heterocycles. The minimum Gasteiger partial charge on any atom is -0.464 e. The third-order valence-corrected chi connectivity index (χ3v) is 2.10. The molecule has 1 aromatic rings. The van der Waals surface area contributed by atoms with Crippen LogP contribution in [0.5, 0.6) is 0 Å². The molecule has 0 saturated carbocycles. The highest BCUT2D eigenvalue weighted by Gasteiger charge is 2.10. The molecule has 0 aliphatic heterocycles. The molecule has 10 heavy (non-hydrogen) atoms. The monoisotopic (exact) mass is 222 g/mol. The summed E-state index contributed by atoms with van der Waals surface area (Å²) >= 11 is 4.21. The number of aromatic nitrogens is 2. The molecule has 4 nitrogen and oxygen atoms in total. The molecule has 0 aliphatic rings. The maximum Gasteiger partial charge on any atom is 0.369 e. The van der Waals surface area contributed by atoms with Crippen molar-refractivity contribution >= 4 is 33.2 Å². The third kappa shape index (κ3) is 1.51. The van der Waals surface area contributed by atoms with E-state index >= 15 is 0 Å². The van der Waals surface area contributed by atoms with Crippen LogP contribution in [0, 0.1) is 0 Å². The molecule has 0 saturated heterocycles. The van der Waals surface area contributed by atoms with Gasteiger partial charge in [0.1, 0.15) is 0 Å². The van der Waals surface area contributed by atoms with E-state index in [0.717, 1.165) is 11.3 Å². The fraction of sp³-hybridized carbons (Fsp3) is 0.250. The van der Waals surface area contributed by atoms with E-state index in [9.17, 15) is 4.79 Å². The lowest BCUT2D eigenvalue weighted by Crippen LogP contribution is -1.99. The van der Waals surface area contributed by atoms with Crippen molar-refractivity contribution in [1.82, 2.24) is 10.2 Å². The van der Waals surface area contributed by atoms with Gasteiger partial charge in [-0.25, -0.2) is 4.79 Å².